The molecule has 0 aromatic heterocycles. The molecule has 0 unspecified atom stereocenters. The van der Waals surface area contributed by atoms with E-state index in [1.807, 2.05) is 0 Å². The first-order chi connectivity index (χ1) is 12.9. The Labute approximate surface area is 157 Å². The van der Waals surface area contributed by atoms with Gasteiger partial charge in [-0.2, -0.15) is 0 Å². The van der Waals surface area contributed by atoms with Gasteiger partial charge in [0.2, 0.25) is 0 Å². The number of imide groups is 1. The molecule has 0 bridgehead atoms. The first-order valence-electron chi connectivity index (χ1n) is 8.98. The van der Waals surface area contributed by atoms with Crippen LogP contribution in [0.4, 0.5) is 0 Å². The van der Waals surface area contributed by atoms with Gasteiger partial charge < -0.3 is 9.64 Å². The molecule has 3 rings (SSSR count). The van der Waals surface area contributed by atoms with Crippen LogP contribution in [0.2, 0.25) is 0 Å². The zero-order valence-corrected chi connectivity index (χ0v) is 15.3. The molecular weight excluding hydrogens is 348 g/mol. The van der Waals surface area contributed by atoms with Crippen molar-refractivity contribution in [3.05, 3.63) is 47.5 Å². The van der Waals surface area contributed by atoms with Crippen LogP contribution >= 0.6 is 0 Å². The number of carbonyl (C=O) groups excluding carboxylic acids is 4. The fourth-order valence-electron chi connectivity index (χ4n) is 3.43. The van der Waals surface area contributed by atoms with Crippen LogP contribution in [0.15, 0.2) is 30.9 Å². The van der Waals surface area contributed by atoms with Crippen molar-refractivity contribution in [2.45, 2.75) is 19.8 Å². The minimum absolute atomic E-state index is 0.106. The molecule has 142 valence electrons. The van der Waals surface area contributed by atoms with Gasteiger partial charge in [0.05, 0.1) is 16.7 Å². The third-order valence-electron chi connectivity index (χ3n) is 4.85. The van der Waals surface area contributed by atoms with E-state index in [1.165, 1.54) is 24.3 Å². The highest BCUT2D eigenvalue weighted by Crippen LogP contribution is 2.24. The summed E-state index contributed by atoms with van der Waals surface area (Å²) in [4.78, 5) is 51.8. The van der Waals surface area contributed by atoms with E-state index in [0.717, 1.165) is 17.7 Å². The van der Waals surface area contributed by atoms with Crippen LogP contribution in [0, 0.1) is 5.92 Å². The summed E-state index contributed by atoms with van der Waals surface area (Å²) in [6, 6.07) is 4.20. The molecule has 1 saturated heterocycles. The van der Waals surface area contributed by atoms with E-state index in [1.54, 1.807) is 4.90 Å². The number of piperidine rings is 1. The Morgan fingerprint density at radius 3 is 2.70 bits per heavy atom. The molecule has 2 aliphatic rings. The highest BCUT2D eigenvalue weighted by molar-refractivity contribution is 6.22. The van der Waals surface area contributed by atoms with Crippen molar-refractivity contribution in [3.63, 3.8) is 0 Å². The fourth-order valence-corrected chi connectivity index (χ4v) is 3.43. The van der Waals surface area contributed by atoms with Gasteiger partial charge in [0, 0.05) is 19.6 Å². The third kappa shape index (κ3) is 3.77. The van der Waals surface area contributed by atoms with Gasteiger partial charge >= 0.3 is 5.97 Å². The highest BCUT2D eigenvalue weighted by atomic mass is 16.5. The minimum atomic E-state index is -0.696. The summed E-state index contributed by atoms with van der Waals surface area (Å²) in [7, 11) is 0. The van der Waals surface area contributed by atoms with E-state index >= 15 is 0 Å². The van der Waals surface area contributed by atoms with Crippen molar-refractivity contribution in [1.82, 2.24) is 9.80 Å². The SMILES string of the molecule is C=CCN1C(=O)c2ccc(C(=O)OCC(=O)N3CCC[C@@H](C)C3)cc2C1=O. The van der Waals surface area contributed by atoms with Crippen LogP contribution in [0.5, 0.6) is 0 Å². The largest absolute Gasteiger partial charge is 0.452 e. The first kappa shape index (κ1) is 18.8. The summed E-state index contributed by atoms with van der Waals surface area (Å²) < 4.78 is 5.12. The topological polar surface area (TPSA) is 84.0 Å². The number of hydrogen-bond acceptors (Lipinski definition) is 5. The monoisotopic (exact) mass is 370 g/mol. The average molecular weight is 370 g/mol. The predicted octanol–water partition coefficient (Wildman–Crippen LogP) is 1.88. The van der Waals surface area contributed by atoms with Crippen molar-refractivity contribution < 1.29 is 23.9 Å². The summed E-state index contributed by atoms with van der Waals surface area (Å²) in [5, 5.41) is 0. The zero-order valence-electron chi connectivity index (χ0n) is 15.3. The van der Waals surface area contributed by atoms with Gasteiger partial charge in [-0.05, 0) is 37.0 Å². The summed E-state index contributed by atoms with van der Waals surface area (Å²) in [5.41, 5.74) is 0.541. The number of rotatable bonds is 5. The lowest BCUT2D eigenvalue weighted by Gasteiger charge is -2.30. The van der Waals surface area contributed by atoms with Gasteiger partial charge in [0.15, 0.2) is 6.61 Å². The number of amides is 3. The van der Waals surface area contributed by atoms with Crippen molar-refractivity contribution in [2.24, 2.45) is 5.92 Å². The van der Waals surface area contributed by atoms with Crippen molar-refractivity contribution >= 4 is 23.7 Å². The molecule has 27 heavy (non-hydrogen) atoms. The van der Waals surface area contributed by atoms with E-state index in [2.05, 4.69) is 13.5 Å². The van der Waals surface area contributed by atoms with Crippen LogP contribution in [0.3, 0.4) is 0 Å². The Kier molecular flexibility index (Phi) is 5.39. The van der Waals surface area contributed by atoms with E-state index in [4.69, 9.17) is 4.74 Å². The summed E-state index contributed by atoms with van der Waals surface area (Å²) in [6.07, 6.45) is 3.50. The standard InChI is InChI=1S/C20H22N2O5/c1-3-8-22-18(24)15-7-6-14(10-16(15)19(22)25)20(26)27-12-17(23)21-9-4-5-13(2)11-21/h3,6-7,10,13H,1,4-5,8-9,11-12H2,2H3/t13-/m1/s1. The molecule has 2 heterocycles. The molecule has 2 aliphatic heterocycles. The number of carbonyl (C=O) groups is 4. The lowest BCUT2D eigenvalue weighted by molar-refractivity contribution is -0.136. The molecule has 1 atom stereocenters. The molecule has 1 aromatic carbocycles. The second kappa shape index (κ2) is 7.73. The van der Waals surface area contributed by atoms with Gasteiger partial charge in [-0.3, -0.25) is 19.3 Å². The molecule has 0 N–H and O–H groups in total. The van der Waals surface area contributed by atoms with Crippen LogP contribution in [-0.2, 0) is 9.53 Å². The highest BCUT2D eigenvalue weighted by Gasteiger charge is 2.35. The van der Waals surface area contributed by atoms with Crippen molar-refractivity contribution in [2.75, 3.05) is 26.2 Å². The second-order valence-electron chi connectivity index (χ2n) is 6.93. The van der Waals surface area contributed by atoms with Gasteiger partial charge in [0.25, 0.3) is 17.7 Å². The number of fused-ring (bicyclic) bond motifs is 1. The van der Waals surface area contributed by atoms with Crippen molar-refractivity contribution in [3.8, 4) is 0 Å². The maximum atomic E-state index is 12.3. The molecule has 0 radical (unpaired) electrons. The number of nitrogens with zero attached hydrogens (tertiary/aromatic N) is 2. The first-order valence-corrected chi connectivity index (χ1v) is 8.98. The molecule has 3 amide bonds. The number of ether oxygens (including phenoxy) is 1. The number of esters is 1. The smallest absolute Gasteiger partial charge is 0.338 e. The predicted molar refractivity (Wildman–Crippen MR) is 97.3 cm³/mol. The Balaban J connectivity index is 1.65. The quantitative estimate of drug-likeness (QED) is 0.449. The van der Waals surface area contributed by atoms with Crippen LogP contribution in [0.1, 0.15) is 50.8 Å². The van der Waals surface area contributed by atoms with E-state index in [9.17, 15) is 19.2 Å². The van der Waals surface area contributed by atoms with Crippen LogP contribution < -0.4 is 0 Å². The summed E-state index contributed by atoms with van der Waals surface area (Å²) in [5.74, 6) is -1.36. The Morgan fingerprint density at radius 2 is 2.00 bits per heavy atom. The zero-order chi connectivity index (χ0) is 19.6. The second-order valence-corrected chi connectivity index (χ2v) is 6.93. The number of likely N-dealkylation sites (tertiary alicyclic amines) is 1. The van der Waals surface area contributed by atoms with E-state index in [0.29, 0.717) is 19.0 Å². The average Bonchev–Trinajstić information content (AvgIpc) is 2.90. The summed E-state index contributed by atoms with van der Waals surface area (Å²) in [6.45, 7) is 6.74. The van der Waals surface area contributed by atoms with E-state index in [-0.39, 0.29) is 35.7 Å². The molecular formula is C20H22N2O5. The lowest BCUT2D eigenvalue weighted by Crippen LogP contribution is -2.41. The van der Waals surface area contributed by atoms with Gasteiger partial charge in [-0.25, -0.2) is 4.79 Å². The molecule has 7 nitrogen and oxygen atoms in total. The maximum absolute atomic E-state index is 12.3. The molecule has 0 spiro atoms. The Morgan fingerprint density at radius 1 is 1.26 bits per heavy atom. The molecule has 1 aromatic rings. The summed E-state index contributed by atoms with van der Waals surface area (Å²) >= 11 is 0. The van der Waals surface area contributed by atoms with E-state index < -0.39 is 17.8 Å². The maximum Gasteiger partial charge on any atom is 0.338 e. The number of hydrogen-bond donors (Lipinski definition) is 0. The minimum Gasteiger partial charge on any atom is -0.452 e. The van der Waals surface area contributed by atoms with Gasteiger partial charge in [0.1, 0.15) is 0 Å². The molecule has 0 saturated carbocycles. The van der Waals surface area contributed by atoms with Crippen LogP contribution in [0.25, 0.3) is 0 Å². The number of benzene rings is 1. The lowest BCUT2D eigenvalue weighted by atomic mass is 10.0. The van der Waals surface area contributed by atoms with Crippen LogP contribution in [-0.4, -0.2) is 59.7 Å². The Hall–Kier alpha value is -2.96. The third-order valence-corrected chi connectivity index (χ3v) is 4.85. The molecule has 1 fully saturated rings. The molecule has 0 aliphatic carbocycles. The molecule has 7 heteroatoms. The fraction of sp³-hybridized carbons (Fsp3) is 0.400. The van der Waals surface area contributed by atoms with Gasteiger partial charge in [-0.1, -0.05) is 13.0 Å². The van der Waals surface area contributed by atoms with Gasteiger partial charge in [-0.15, -0.1) is 6.58 Å². The normalized spacial score (nSPS) is 19.1. The van der Waals surface area contributed by atoms with Crippen molar-refractivity contribution in [1.29, 1.82) is 0 Å². The Bertz CT molecular complexity index is 817.